The van der Waals surface area contributed by atoms with Crippen LogP contribution >= 0.6 is 0 Å². The Hall–Kier alpha value is -4.50. The van der Waals surface area contributed by atoms with E-state index in [9.17, 15) is 15.2 Å². The highest BCUT2D eigenvalue weighted by molar-refractivity contribution is 6.09. The van der Waals surface area contributed by atoms with Crippen molar-refractivity contribution in [2.75, 3.05) is 11.9 Å². The predicted molar refractivity (Wildman–Crippen MR) is 133 cm³/mol. The Bertz CT molecular complexity index is 1210. The topological polar surface area (TPSA) is 91.6 Å². The Kier molecular flexibility index (Phi) is 8.48. The average molecular weight is 455 g/mol. The molecule has 6 nitrogen and oxygen atoms in total. The maximum Gasteiger partial charge on any atom is 0.266 e. The maximum atomic E-state index is 12.6. The molecule has 0 aliphatic carbocycles. The molecule has 0 aliphatic rings. The Morgan fingerprint density at radius 2 is 1.85 bits per heavy atom. The van der Waals surface area contributed by atoms with Gasteiger partial charge in [0.2, 0.25) is 0 Å². The van der Waals surface area contributed by atoms with Crippen molar-refractivity contribution in [3.8, 4) is 23.3 Å². The first-order chi connectivity index (χ1) is 16.5. The Labute approximate surface area is 199 Å². The normalized spacial score (nSPS) is 10.8. The summed E-state index contributed by atoms with van der Waals surface area (Å²) in [5.41, 5.74) is 2.88. The standard InChI is InChI=1S/C28H26N2O4/c1-3-8-22-15-21(16-23(18-29)28(32)30-24-11-13-25(31)14-12-24)17-26(33-4-2)27(22)34-19-20-9-6-5-7-10-20/h3,5-7,9-17,31H,1,4,8,19H2,2H3,(H,30,32)/b23-16+. The van der Waals surface area contributed by atoms with Crippen LogP contribution in [0.25, 0.3) is 6.08 Å². The first-order valence-electron chi connectivity index (χ1n) is 10.8. The summed E-state index contributed by atoms with van der Waals surface area (Å²) in [5.74, 6) is 0.665. The smallest absolute Gasteiger partial charge is 0.266 e. The number of nitrogens with one attached hydrogen (secondary N) is 1. The number of allylic oxidation sites excluding steroid dienone is 1. The minimum atomic E-state index is -0.555. The number of carbonyl (C=O) groups is 1. The molecule has 0 unspecified atom stereocenters. The number of phenolic OH excluding ortho intramolecular Hbond substituents is 1. The highest BCUT2D eigenvalue weighted by atomic mass is 16.5. The predicted octanol–water partition coefficient (Wildman–Crippen LogP) is 5.64. The molecule has 0 saturated heterocycles. The van der Waals surface area contributed by atoms with Gasteiger partial charge in [-0.25, -0.2) is 0 Å². The van der Waals surface area contributed by atoms with Gasteiger partial charge in [0.05, 0.1) is 6.61 Å². The van der Waals surface area contributed by atoms with Gasteiger partial charge in [-0.2, -0.15) is 5.26 Å². The Morgan fingerprint density at radius 3 is 2.50 bits per heavy atom. The number of nitriles is 1. The molecule has 172 valence electrons. The number of benzene rings is 3. The summed E-state index contributed by atoms with van der Waals surface area (Å²) < 4.78 is 12.0. The van der Waals surface area contributed by atoms with E-state index >= 15 is 0 Å². The van der Waals surface area contributed by atoms with E-state index in [1.165, 1.54) is 18.2 Å². The number of anilines is 1. The van der Waals surface area contributed by atoms with E-state index in [0.29, 0.717) is 42.4 Å². The monoisotopic (exact) mass is 454 g/mol. The van der Waals surface area contributed by atoms with Crippen LogP contribution in [-0.2, 0) is 17.8 Å². The van der Waals surface area contributed by atoms with E-state index in [1.807, 2.05) is 49.4 Å². The number of carbonyl (C=O) groups excluding carboxylic acids is 1. The molecule has 6 heteroatoms. The second-order valence-corrected chi connectivity index (χ2v) is 7.38. The number of hydrogen-bond donors (Lipinski definition) is 2. The van der Waals surface area contributed by atoms with Crippen LogP contribution in [0.1, 0.15) is 23.6 Å². The van der Waals surface area contributed by atoms with Crippen molar-refractivity contribution in [1.29, 1.82) is 5.26 Å². The molecule has 0 atom stereocenters. The molecule has 0 bridgehead atoms. The first kappa shape index (κ1) is 24.1. The molecule has 0 spiro atoms. The van der Waals surface area contributed by atoms with E-state index in [0.717, 1.165) is 11.1 Å². The number of phenols is 1. The SMILES string of the molecule is C=CCc1cc(/C=C(\C#N)C(=O)Nc2ccc(O)cc2)cc(OCC)c1OCc1ccccc1. The van der Waals surface area contributed by atoms with E-state index < -0.39 is 5.91 Å². The van der Waals surface area contributed by atoms with E-state index in [1.54, 1.807) is 24.3 Å². The second kappa shape index (κ2) is 11.9. The summed E-state index contributed by atoms with van der Waals surface area (Å²) in [6, 6.07) is 21.4. The summed E-state index contributed by atoms with van der Waals surface area (Å²) in [6.07, 6.45) is 3.79. The summed E-state index contributed by atoms with van der Waals surface area (Å²) in [4.78, 5) is 12.6. The largest absolute Gasteiger partial charge is 0.508 e. The van der Waals surface area contributed by atoms with Gasteiger partial charge in [0, 0.05) is 11.3 Å². The number of amides is 1. The molecule has 0 aromatic heterocycles. The first-order valence-corrected chi connectivity index (χ1v) is 10.8. The lowest BCUT2D eigenvalue weighted by Crippen LogP contribution is -2.13. The van der Waals surface area contributed by atoms with Gasteiger partial charge in [-0.05, 0) is 66.9 Å². The second-order valence-electron chi connectivity index (χ2n) is 7.38. The third-order valence-electron chi connectivity index (χ3n) is 4.85. The van der Waals surface area contributed by atoms with Gasteiger partial charge in [0.25, 0.3) is 5.91 Å². The van der Waals surface area contributed by atoms with Gasteiger partial charge in [-0.1, -0.05) is 36.4 Å². The summed E-state index contributed by atoms with van der Waals surface area (Å²) in [7, 11) is 0. The lowest BCUT2D eigenvalue weighted by molar-refractivity contribution is -0.112. The van der Waals surface area contributed by atoms with Crippen molar-refractivity contribution in [1.82, 2.24) is 0 Å². The molecule has 3 aromatic rings. The number of hydrogen-bond acceptors (Lipinski definition) is 5. The van der Waals surface area contributed by atoms with Gasteiger partial charge in [-0.15, -0.1) is 6.58 Å². The molecular formula is C28H26N2O4. The van der Waals surface area contributed by atoms with Crippen LogP contribution in [0.2, 0.25) is 0 Å². The zero-order chi connectivity index (χ0) is 24.3. The Balaban J connectivity index is 1.92. The third-order valence-corrected chi connectivity index (χ3v) is 4.85. The molecule has 0 radical (unpaired) electrons. The molecule has 0 fully saturated rings. The van der Waals surface area contributed by atoms with Gasteiger partial charge >= 0.3 is 0 Å². The summed E-state index contributed by atoms with van der Waals surface area (Å²) in [6.45, 7) is 6.51. The van der Waals surface area contributed by atoms with Crippen LogP contribution in [0.3, 0.4) is 0 Å². The fraction of sp³-hybridized carbons (Fsp3) is 0.143. The van der Waals surface area contributed by atoms with E-state index in [2.05, 4.69) is 11.9 Å². The van der Waals surface area contributed by atoms with E-state index in [-0.39, 0.29) is 11.3 Å². The zero-order valence-electron chi connectivity index (χ0n) is 19.0. The Morgan fingerprint density at radius 1 is 1.12 bits per heavy atom. The van der Waals surface area contributed by atoms with Crippen molar-refractivity contribution in [2.24, 2.45) is 0 Å². The van der Waals surface area contributed by atoms with Crippen LogP contribution in [-0.4, -0.2) is 17.6 Å². The van der Waals surface area contributed by atoms with Crippen molar-refractivity contribution < 1.29 is 19.4 Å². The molecule has 0 saturated carbocycles. The quantitative estimate of drug-likeness (QED) is 0.179. The van der Waals surface area contributed by atoms with Gasteiger partial charge in [0.1, 0.15) is 24.0 Å². The highest BCUT2D eigenvalue weighted by Crippen LogP contribution is 2.35. The number of rotatable bonds is 10. The zero-order valence-corrected chi connectivity index (χ0v) is 19.0. The average Bonchev–Trinajstić information content (AvgIpc) is 2.84. The van der Waals surface area contributed by atoms with Crippen molar-refractivity contribution in [2.45, 2.75) is 20.0 Å². The minimum absolute atomic E-state index is 0.0713. The number of nitrogens with zero attached hydrogens (tertiary/aromatic N) is 1. The molecule has 2 N–H and O–H groups in total. The van der Waals surface area contributed by atoms with Crippen molar-refractivity contribution >= 4 is 17.7 Å². The van der Waals surface area contributed by atoms with Crippen LogP contribution in [0.4, 0.5) is 5.69 Å². The fourth-order valence-corrected chi connectivity index (χ4v) is 3.29. The number of aromatic hydroxyl groups is 1. The van der Waals surface area contributed by atoms with Crippen LogP contribution < -0.4 is 14.8 Å². The van der Waals surface area contributed by atoms with Crippen LogP contribution in [0, 0.1) is 11.3 Å². The molecular weight excluding hydrogens is 428 g/mol. The lowest BCUT2D eigenvalue weighted by Gasteiger charge is -2.17. The minimum Gasteiger partial charge on any atom is -0.508 e. The van der Waals surface area contributed by atoms with Gasteiger partial charge in [-0.3, -0.25) is 4.79 Å². The molecule has 0 heterocycles. The van der Waals surface area contributed by atoms with Crippen LogP contribution in [0.5, 0.6) is 17.2 Å². The summed E-state index contributed by atoms with van der Waals surface area (Å²) in [5, 5.41) is 21.7. The molecule has 0 aliphatic heterocycles. The lowest BCUT2D eigenvalue weighted by atomic mass is 10.0. The van der Waals surface area contributed by atoms with Gasteiger partial charge < -0.3 is 19.9 Å². The summed E-state index contributed by atoms with van der Waals surface area (Å²) >= 11 is 0. The molecule has 3 aromatic carbocycles. The third kappa shape index (κ3) is 6.50. The fourth-order valence-electron chi connectivity index (χ4n) is 3.29. The van der Waals surface area contributed by atoms with Gasteiger partial charge in [0.15, 0.2) is 11.5 Å². The van der Waals surface area contributed by atoms with Crippen LogP contribution in [0.15, 0.2) is 85.0 Å². The van der Waals surface area contributed by atoms with E-state index in [4.69, 9.17) is 9.47 Å². The van der Waals surface area contributed by atoms with Crippen molar-refractivity contribution in [3.63, 3.8) is 0 Å². The van der Waals surface area contributed by atoms with Crippen molar-refractivity contribution in [3.05, 3.63) is 102 Å². The molecule has 3 rings (SSSR count). The number of ether oxygens (including phenoxy) is 2. The highest BCUT2D eigenvalue weighted by Gasteiger charge is 2.15. The maximum absolute atomic E-state index is 12.6. The molecule has 34 heavy (non-hydrogen) atoms. The molecule has 1 amide bonds.